The number of aliphatic hydroxyl groups excluding tert-OH is 1. The fourth-order valence-electron chi connectivity index (χ4n) is 1.38. The number of nitro benzene ring substituents is 1. The van der Waals surface area contributed by atoms with Gasteiger partial charge in [-0.3, -0.25) is 10.1 Å². The van der Waals surface area contributed by atoms with Crippen LogP contribution < -0.4 is 0 Å². The van der Waals surface area contributed by atoms with Crippen LogP contribution in [0.5, 0.6) is 0 Å². The molecule has 0 fully saturated rings. The Kier molecular flexibility index (Phi) is 3.39. The van der Waals surface area contributed by atoms with Crippen molar-refractivity contribution in [2.45, 2.75) is 13.0 Å². The van der Waals surface area contributed by atoms with Gasteiger partial charge in [0.1, 0.15) is 5.69 Å². The van der Waals surface area contributed by atoms with E-state index in [0.29, 0.717) is 15.9 Å². The second-order valence-electron chi connectivity index (χ2n) is 3.66. The third kappa shape index (κ3) is 2.39. The van der Waals surface area contributed by atoms with Gasteiger partial charge in [0.15, 0.2) is 0 Å². The summed E-state index contributed by atoms with van der Waals surface area (Å²) in [5.41, 5.74) is 1.03. The molecule has 7 nitrogen and oxygen atoms in total. The minimum absolute atomic E-state index is 0.0189. The van der Waals surface area contributed by atoms with Crippen LogP contribution >= 0.6 is 15.9 Å². The minimum Gasteiger partial charge on any atom is -0.387 e. The number of hydrogen-bond acceptors (Lipinski definition) is 5. The molecule has 0 saturated heterocycles. The predicted molar refractivity (Wildman–Crippen MR) is 66.3 cm³/mol. The average Bonchev–Trinajstić information content (AvgIpc) is 2.77. The molecule has 0 bridgehead atoms. The molecule has 0 aliphatic heterocycles. The van der Waals surface area contributed by atoms with Crippen LogP contribution in [-0.4, -0.2) is 25.0 Å². The summed E-state index contributed by atoms with van der Waals surface area (Å²) in [7, 11) is 0. The van der Waals surface area contributed by atoms with Gasteiger partial charge in [-0.25, -0.2) is 4.68 Å². The highest BCUT2D eigenvalue weighted by molar-refractivity contribution is 9.10. The Morgan fingerprint density at radius 2 is 2.28 bits per heavy atom. The molecule has 1 unspecified atom stereocenters. The zero-order chi connectivity index (χ0) is 13.3. The molecule has 1 heterocycles. The molecule has 2 aromatic rings. The molecule has 1 N–H and O–H groups in total. The molecule has 2 rings (SSSR count). The zero-order valence-electron chi connectivity index (χ0n) is 9.32. The van der Waals surface area contributed by atoms with E-state index in [9.17, 15) is 15.2 Å². The van der Waals surface area contributed by atoms with Crippen molar-refractivity contribution in [1.82, 2.24) is 15.0 Å². The summed E-state index contributed by atoms with van der Waals surface area (Å²) in [5.74, 6) is 0. The summed E-state index contributed by atoms with van der Waals surface area (Å²) in [6.07, 6.45) is 0.860. The third-order valence-corrected chi connectivity index (χ3v) is 2.97. The Hall–Kier alpha value is -1.80. The lowest BCUT2D eigenvalue weighted by atomic mass is 10.3. The third-order valence-electron chi connectivity index (χ3n) is 2.33. The van der Waals surface area contributed by atoms with Crippen LogP contribution in [-0.2, 0) is 0 Å². The van der Waals surface area contributed by atoms with Gasteiger partial charge in [0.05, 0.1) is 27.4 Å². The monoisotopic (exact) mass is 312 g/mol. The SMILES string of the molecule is CC(O)c1cn(-c2ccc([N+](=O)[O-])c(Br)c2)nn1. The van der Waals surface area contributed by atoms with E-state index in [0.717, 1.165) is 0 Å². The quantitative estimate of drug-likeness (QED) is 0.691. The van der Waals surface area contributed by atoms with Crippen LogP contribution in [0, 0.1) is 10.1 Å². The molecule has 0 saturated carbocycles. The van der Waals surface area contributed by atoms with Crippen LogP contribution in [0.25, 0.3) is 5.69 Å². The molecule has 0 aliphatic carbocycles. The van der Waals surface area contributed by atoms with E-state index in [1.165, 1.54) is 10.7 Å². The Morgan fingerprint density at radius 3 is 2.78 bits per heavy atom. The van der Waals surface area contributed by atoms with Gasteiger partial charge in [0.25, 0.3) is 5.69 Å². The van der Waals surface area contributed by atoms with E-state index >= 15 is 0 Å². The molecule has 0 amide bonds. The highest BCUT2D eigenvalue weighted by Crippen LogP contribution is 2.27. The highest BCUT2D eigenvalue weighted by atomic mass is 79.9. The van der Waals surface area contributed by atoms with Crippen molar-refractivity contribution in [3.05, 3.63) is 44.7 Å². The lowest BCUT2D eigenvalue weighted by Crippen LogP contribution is -1.96. The molecular weight excluding hydrogens is 304 g/mol. The molecule has 94 valence electrons. The molecule has 0 aliphatic rings. The summed E-state index contributed by atoms with van der Waals surface area (Å²) in [5, 5.41) is 27.6. The topological polar surface area (TPSA) is 94.1 Å². The van der Waals surface area contributed by atoms with Gasteiger partial charge >= 0.3 is 0 Å². The summed E-state index contributed by atoms with van der Waals surface area (Å²) in [6.45, 7) is 1.58. The van der Waals surface area contributed by atoms with E-state index in [-0.39, 0.29) is 5.69 Å². The normalized spacial score (nSPS) is 12.4. The van der Waals surface area contributed by atoms with Crippen molar-refractivity contribution in [1.29, 1.82) is 0 Å². The van der Waals surface area contributed by atoms with Crippen molar-refractivity contribution in [3.63, 3.8) is 0 Å². The van der Waals surface area contributed by atoms with Crippen LogP contribution in [0.1, 0.15) is 18.7 Å². The summed E-state index contributed by atoms with van der Waals surface area (Å²) < 4.78 is 1.80. The first-order valence-corrected chi connectivity index (χ1v) is 5.83. The van der Waals surface area contributed by atoms with E-state index in [4.69, 9.17) is 0 Å². The molecule has 0 spiro atoms. The first-order valence-electron chi connectivity index (χ1n) is 5.03. The smallest absolute Gasteiger partial charge is 0.283 e. The van der Waals surface area contributed by atoms with Crippen LogP contribution in [0.15, 0.2) is 28.9 Å². The highest BCUT2D eigenvalue weighted by Gasteiger charge is 2.13. The number of hydrogen-bond donors (Lipinski definition) is 1. The number of aliphatic hydroxyl groups is 1. The van der Waals surface area contributed by atoms with E-state index in [2.05, 4.69) is 26.2 Å². The van der Waals surface area contributed by atoms with Crippen molar-refractivity contribution < 1.29 is 10.0 Å². The van der Waals surface area contributed by atoms with Gasteiger partial charge in [0.2, 0.25) is 0 Å². The summed E-state index contributed by atoms with van der Waals surface area (Å²) >= 11 is 3.13. The predicted octanol–water partition coefficient (Wildman–Crippen LogP) is 1.99. The Morgan fingerprint density at radius 1 is 1.56 bits per heavy atom. The van der Waals surface area contributed by atoms with Gasteiger partial charge in [-0.15, -0.1) is 5.10 Å². The molecule has 0 radical (unpaired) electrons. The Balaban J connectivity index is 2.39. The average molecular weight is 313 g/mol. The number of nitro groups is 1. The second-order valence-corrected chi connectivity index (χ2v) is 4.51. The van der Waals surface area contributed by atoms with Gasteiger partial charge < -0.3 is 5.11 Å². The van der Waals surface area contributed by atoms with Gasteiger partial charge in [0, 0.05) is 6.07 Å². The van der Waals surface area contributed by atoms with Gasteiger partial charge in [-0.1, -0.05) is 5.21 Å². The number of aromatic nitrogens is 3. The number of halogens is 1. The van der Waals surface area contributed by atoms with E-state index in [1.54, 1.807) is 25.3 Å². The van der Waals surface area contributed by atoms with E-state index in [1.807, 2.05) is 0 Å². The second kappa shape index (κ2) is 4.83. The van der Waals surface area contributed by atoms with Crippen LogP contribution in [0.2, 0.25) is 0 Å². The molecular formula is C10H9BrN4O3. The van der Waals surface area contributed by atoms with Crippen molar-refractivity contribution >= 4 is 21.6 Å². The lowest BCUT2D eigenvalue weighted by Gasteiger charge is -2.01. The summed E-state index contributed by atoms with van der Waals surface area (Å²) in [6, 6.07) is 4.51. The van der Waals surface area contributed by atoms with Crippen molar-refractivity contribution in [2.24, 2.45) is 0 Å². The molecule has 8 heteroatoms. The van der Waals surface area contributed by atoms with Crippen molar-refractivity contribution in [3.8, 4) is 5.69 Å². The number of rotatable bonds is 3. The largest absolute Gasteiger partial charge is 0.387 e. The van der Waals surface area contributed by atoms with Crippen LogP contribution in [0.4, 0.5) is 5.69 Å². The van der Waals surface area contributed by atoms with Crippen molar-refractivity contribution in [2.75, 3.05) is 0 Å². The van der Waals surface area contributed by atoms with Gasteiger partial charge in [-0.2, -0.15) is 0 Å². The number of nitrogens with zero attached hydrogens (tertiary/aromatic N) is 4. The standard InChI is InChI=1S/C10H9BrN4O3/c1-6(16)9-5-14(13-12-9)7-2-3-10(15(17)18)8(11)4-7/h2-6,16H,1H3. The minimum atomic E-state index is -0.708. The number of benzene rings is 1. The zero-order valence-corrected chi connectivity index (χ0v) is 10.9. The Bertz CT molecular complexity index is 597. The maximum atomic E-state index is 10.7. The first-order chi connectivity index (χ1) is 8.49. The molecule has 1 aromatic heterocycles. The fraction of sp³-hybridized carbons (Fsp3) is 0.200. The summed E-state index contributed by atoms with van der Waals surface area (Å²) in [4.78, 5) is 10.2. The maximum absolute atomic E-state index is 10.7. The van der Waals surface area contributed by atoms with E-state index < -0.39 is 11.0 Å². The first kappa shape index (κ1) is 12.7. The molecule has 1 aromatic carbocycles. The van der Waals surface area contributed by atoms with Gasteiger partial charge in [-0.05, 0) is 35.0 Å². The molecule has 1 atom stereocenters. The molecule has 18 heavy (non-hydrogen) atoms. The fourth-order valence-corrected chi connectivity index (χ4v) is 1.89. The Labute approximate surface area is 110 Å². The maximum Gasteiger partial charge on any atom is 0.283 e. The van der Waals surface area contributed by atoms with Crippen LogP contribution in [0.3, 0.4) is 0 Å². The lowest BCUT2D eigenvalue weighted by molar-refractivity contribution is -0.385.